The van der Waals surface area contributed by atoms with E-state index in [9.17, 15) is 5.11 Å². The number of aliphatic hydroxyl groups excluding tert-OH is 1. The number of benzene rings is 1. The Hall–Kier alpha value is -1.68. The van der Waals surface area contributed by atoms with Crippen LogP contribution in [0.4, 0.5) is 0 Å². The van der Waals surface area contributed by atoms with Crippen molar-refractivity contribution in [2.45, 2.75) is 51.0 Å². The van der Waals surface area contributed by atoms with Crippen LogP contribution in [0.15, 0.2) is 28.8 Å². The van der Waals surface area contributed by atoms with Crippen LogP contribution in [0.25, 0.3) is 11.4 Å². The summed E-state index contributed by atoms with van der Waals surface area (Å²) in [4.78, 5) is 4.47. The number of hydrogen-bond donors (Lipinski definition) is 1. The number of aliphatic hydroxyl groups is 1. The average molecular weight is 272 g/mol. The Balaban J connectivity index is 1.81. The smallest absolute Gasteiger partial charge is 0.232 e. The molecule has 3 rings (SSSR count). The van der Waals surface area contributed by atoms with Crippen molar-refractivity contribution < 1.29 is 9.63 Å². The first kappa shape index (κ1) is 13.3. The fourth-order valence-corrected chi connectivity index (χ4v) is 2.79. The lowest BCUT2D eigenvalue weighted by Crippen LogP contribution is -2.22. The van der Waals surface area contributed by atoms with Gasteiger partial charge < -0.3 is 9.63 Å². The second kappa shape index (κ2) is 5.75. The fraction of sp³-hybridized carbons (Fsp3) is 0.500. The molecule has 0 saturated heterocycles. The summed E-state index contributed by atoms with van der Waals surface area (Å²) in [6, 6.07) is 8.21. The summed E-state index contributed by atoms with van der Waals surface area (Å²) in [5.74, 6) is 1.19. The van der Waals surface area contributed by atoms with E-state index in [2.05, 4.69) is 29.2 Å². The molecule has 0 amide bonds. The van der Waals surface area contributed by atoms with Crippen LogP contribution in [0.3, 0.4) is 0 Å². The van der Waals surface area contributed by atoms with Crippen LogP contribution in [-0.4, -0.2) is 21.4 Å². The summed E-state index contributed by atoms with van der Waals surface area (Å²) < 4.78 is 5.36. The Morgan fingerprint density at radius 1 is 1.20 bits per heavy atom. The average Bonchev–Trinajstić information content (AvgIpc) is 2.97. The van der Waals surface area contributed by atoms with Crippen molar-refractivity contribution >= 4 is 0 Å². The minimum atomic E-state index is -0.348. The molecule has 1 heterocycles. The van der Waals surface area contributed by atoms with Crippen LogP contribution in [0.2, 0.25) is 0 Å². The molecular weight excluding hydrogens is 252 g/mol. The van der Waals surface area contributed by atoms with Crippen LogP contribution >= 0.6 is 0 Å². The lowest BCUT2D eigenvalue weighted by atomic mass is 9.86. The molecule has 1 aromatic heterocycles. The summed E-state index contributed by atoms with van der Waals surface area (Å²) in [5.41, 5.74) is 2.25. The van der Waals surface area contributed by atoms with Gasteiger partial charge in [0.1, 0.15) is 0 Å². The molecular formula is C16H20N2O2. The van der Waals surface area contributed by atoms with Crippen LogP contribution in [0.1, 0.15) is 50.0 Å². The number of aromatic nitrogens is 2. The van der Waals surface area contributed by atoms with Crippen molar-refractivity contribution in [1.82, 2.24) is 10.1 Å². The topological polar surface area (TPSA) is 59.2 Å². The van der Waals surface area contributed by atoms with Gasteiger partial charge in [-0.2, -0.15) is 4.98 Å². The van der Waals surface area contributed by atoms with Gasteiger partial charge in [-0.25, -0.2) is 0 Å². The SMILES string of the molecule is CCc1ccc(-c2noc(C3CCCCC3O)n2)cc1. The second-order valence-electron chi connectivity index (χ2n) is 5.46. The molecule has 2 unspecified atom stereocenters. The number of aryl methyl sites for hydroxylation is 1. The van der Waals surface area contributed by atoms with Crippen LogP contribution < -0.4 is 0 Å². The van der Waals surface area contributed by atoms with Crippen molar-refractivity contribution in [2.75, 3.05) is 0 Å². The van der Waals surface area contributed by atoms with Gasteiger partial charge in [0.2, 0.25) is 11.7 Å². The highest BCUT2D eigenvalue weighted by Crippen LogP contribution is 2.33. The first-order valence-corrected chi connectivity index (χ1v) is 7.39. The van der Waals surface area contributed by atoms with E-state index in [1.165, 1.54) is 5.56 Å². The Labute approximate surface area is 118 Å². The first-order valence-electron chi connectivity index (χ1n) is 7.39. The van der Waals surface area contributed by atoms with Crippen LogP contribution in [-0.2, 0) is 6.42 Å². The lowest BCUT2D eigenvalue weighted by molar-refractivity contribution is 0.0908. The Morgan fingerprint density at radius 2 is 1.95 bits per heavy atom. The molecule has 1 aliphatic rings. The van der Waals surface area contributed by atoms with Gasteiger partial charge in [-0.15, -0.1) is 0 Å². The molecule has 1 fully saturated rings. The molecule has 2 aromatic rings. The zero-order chi connectivity index (χ0) is 13.9. The van der Waals surface area contributed by atoms with E-state index in [0.717, 1.165) is 37.7 Å². The summed E-state index contributed by atoms with van der Waals surface area (Å²) in [6.07, 6.45) is 4.62. The highest BCUT2D eigenvalue weighted by atomic mass is 16.5. The standard InChI is InChI=1S/C16H20N2O2/c1-2-11-7-9-12(10-8-11)15-17-16(20-18-15)13-5-3-4-6-14(13)19/h7-10,13-14,19H,2-6H2,1H3. The van der Waals surface area contributed by atoms with Crippen molar-refractivity contribution in [3.63, 3.8) is 0 Å². The van der Waals surface area contributed by atoms with E-state index < -0.39 is 0 Å². The number of hydrogen-bond acceptors (Lipinski definition) is 4. The molecule has 4 heteroatoms. The van der Waals surface area contributed by atoms with E-state index in [-0.39, 0.29) is 12.0 Å². The summed E-state index contributed by atoms with van der Waals surface area (Å²) in [7, 11) is 0. The van der Waals surface area contributed by atoms with Crippen LogP contribution in [0, 0.1) is 0 Å². The molecule has 1 N–H and O–H groups in total. The maximum absolute atomic E-state index is 10.0. The molecule has 1 aliphatic carbocycles. The molecule has 0 radical (unpaired) electrons. The monoisotopic (exact) mass is 272 g/mol. The summed E-state index contributed by atoms with van der Waals surface area (Å²) >= 11 is 0. The molecule has 2 atom stereocenters. The van der Waals surface area contributed by atoms with E-state index in [0.29, 0.717) is 11.7 Å². The van der Waals surface area contributed by atoms with E-state index >= 15 is 0 Å². The normalized spacial score (nSPS) is 22.9. The third kappa shape index (κ3) is 2.61. The third-order valence-electron chi connectivity index (χ3n) is 4.11. The van der Waals surface area contributed by atoms with Gasteiger partial charge in [-0.05, 0) is 24.8 Å². The quantitative estimate of drug-likeness (QED) is 0.931. The Bertz CT molecular complexity index is 562. The van der Waals surface area contributed by atoms with E-state index in [4.69, 9.17) is 4.52 Å². The fourth-order valence-electron chi connectivity index (χ4n) is 2.79. The molecule has 20 heavy (non-hydrogen) atoms. The molecule has 0 spiro atoms. The second-order valence-corrected chi connectivity index (χ2v) is 5.46. The Morgan fingerprint density at radius 3 is 2.65 bits per heavy atom. The molecule has 0 bridgehead atoms. The van der Waals surface area contributed by atoms with Crippen molar-refractivity contribution in [2.24, 2.45) is 0 Å². The van der Waals surface area contributed by atoms with Gasteiger partial charge in [0.15, 0.2) is 0 Å². The maximum Gasteiger partial charge on any atom is 0.232 e. The summed E-state index contributed by atoms with van der Waals surface area (Å²) in [5, 5.41) is 14.1. The van der Waals surface area contributed by atoms with E-state index in [1.54, 1.807) is 0 Å². The number of rotatable bonds is 3. The molecule has 106 valence electrons. The maximum atomic E-state index is 10.0. The van der Waals surface area contributed by atoms with Gasteiger partial charge in [0, 0.05) is 5.56 Å². The third-order valence-corrected chi connectivity index (χ3v) is 4.11. The predicted octanol–water partition coefficient (Wildman–Crippen LogP) is 3.32. The van der Waals surface area contributed by atoms with Gasteiger partial charge in [-0.3, -0.25) is 0 Å². The first-order chi connectivity index (χ1) is 9.78. The van der Waals surface area contributed by atoms with Gasteiger partial charge >= 0.3 is 0 Å². The zero-order valence-corrected chi connectivity index (χ0v) is 11.7. The number of nitrogens with zero attached hydrogens (tertiary/aromatic N) is 2. The molecule has 1 saturated carbocycles. The van der Waals surface area contributed by atoms with Crippen molar-refractivity contribution in [3.05, 3.63) is 35.7 Å². The molecule has 0 aliphatic heterocycles. The van der Waals surface area contributed by atoms with Gasteiger partial charge in [0.05, 0.1) is 12.0 Å². The summed E-state index contributed by atoms with van der Waals surface area (Å²) in [6.45, 7) is 2.13. The van der Waals surface area contributed by atoms with Crippen molar-refractivity contribution in [3.8, 4) is 11.4 Å². The molecule has 4 nitrogen and oxygen atoms in total. The largest absolute Gasteiger partial charge is 0.392 e. The van der Waals surface area contributed by atoms with Gasteiger partial charge in [-0.1, -0.05) is 49.2 Å². The molecule has 1 aromatic carbocycles. The minimum Gasteiger partial charge on any atom is -0.392 e. The van der Waals surface area contributed by atoms with Crippen LogP contribution in [0.5, 0.6) is 0 Å². The van der Waals surface area contributed by atoms with Crippen molar-refractivity contribution in [1.29, 1.82) is 0 Å². The lowest BCUT2D eigenvalue weighted by Gasteiger charge is -2.24. The minimum absolute atomic E-state index is 0.0000787. The Kier molecular flexibility index (Phi) is 3.83. The zero-order valence-electron chi connectivity index (χ0n) is 11.7. The van der Waals surface area contributed by atoms with Gasteiger partial charge in [0.25, 0.3) is 0 Å². The van der Waals surface area contributed by atoms with E-state index in [1.807, 2.05) is 12.1 Å². The highest BCUT2D eigenvalue weighted by molar-refractivity contribution is 5.54. The predicted molar refractivity (Wildman–Crippen MR) is 76.3 cm³/mol. The highest BCUT2D eigenvalue weighted by Gasteiger charge is 2.29.